The lowest BCUT2D eigenvalue weighted by Gasteiger charge is -2.05. The highest BCUT2D eigenvalue weighted by Crippen LogP contribution is 2.26. The highest BCUT2D eigenvalue weighted by atomic mass is 19.1. The van der Waals surface area contributed by atoms with Gasteiger partial charge >= 0.3 is 0 Å². The summed E-state index contributed by atoms with van der Waals surface area (Å²) in [7, 11) is 0. The summed E-state index contributed by atoms with van der Waals surface area (Å²) in [5.74, 6) is -0.990. The summed E-state index contributed by atoms with van der Waals surface area (Å²) in [5, 5.41) is 16.0. The maximum atomic E-state index is 13.7. The van der Waals surface area contributed by atoms with E-state index in [1.165, 1.54) is 24.5 Å². The van der Waals surface area contributed by atoms with Gasteiger partial charge < -0.3 is 10.1 Å². The Morgan fingerprint density at radius 3 is 2.65 bits per heavy atom. The topological polar surface area (TPSA) is 108 Å². The molecule has 2 aromatic heterocycles. The monoisotopic (exact) mass is 273 g/mol. The van der Waals surface area contributed by atoms with Crippen LogP contribution >= 0.6 is 0 Å². The van der Waals surface area contributed by atoms with Gasteiger partial charge in [-0.25, -0.2) is 9.37 Å². The molecule has 0 atom stereocenters. The molecule has 0 saturated carbocycles. The molecule has 20 heavy (non-hydrogen) atoms. The van der Waals surface area contributed by atoms with Gasteiger partial charge in [-0.3, -0.25) is 9.89 Å². The van der Waals surface area contributed by atoms with E-state index in [1.54, 1.807) is 6.07 Å². The highest BCUT2D eigenvalue weighted by Gasteiger charge is 2.17. The SMILES string of the molecule is O=c1[nH]c(-c2ncn[nH]2)nc(O)c1-c1ccccc1F. The predicted octanol–water partition coefficient (Wildman–Crippen LogP) is 1.07. The lowest BCUT2D eigenvalue weighted by Crippen LogP contribution is -2.13. The van der Waals surface area contributed by atoms with E-state index in [4.69, 9.17) is 0 Å². The van der Waals surface area contributed by atoms with Crippen molar-refractivity contribution in [1.29, 1.82) is 0 Å². The van der Waals surface area contributed by atoms with Crippen LogP contribution < -0.4 is 5.56 Å². The van der Waals surface area contributed by atoms with Gasteiger partial charge in [-0.05, 0) is 6.07 Å². The Bertz CT molecular complexity index is 813. The normalized spacial score (nSPS) is 10.7. The molecule has 0 aliphatic rings. The molecule has 3 rings (SSSR count). The Morgan fingerprint density at radius 1 is 1.20 bits per heavy atom. The molecule has 7 nitrogen and oxygen atoms in total. The fourth-order valence-electron chi connectivity index (χ4n) is 1.80. The molecule has 3 N–H and O–H groups in total. The number of aromatic hydroxyl groups is 1. The minimum atomic E-state index is -0.672. The second-order valence-corrected chi connectivity index (χ2v) is 3.93. The fraction of sp³-hybridized carbons (Fsp3) is 0. The second-order valence-electron chi connectivity index (χ2n) is 3.93. The minimum Gasteiger partial charge on any atom is -0.493 e. The maximum absolute atomic E-state index is 13.7. The first-order valence-electron chi connectivity index (χ1n) is 5.60. The summed E-state index contributed by atoms with van der Waals surface area (Å²) in [4.78, 5) is 22.0. The number of hydrogen-bond donors (Lipinski definition) is 3. The molecule has 2 heterocycles. The van der Waals surface area contributed by atoms with Crippen molar-refractivity contribution in [2.24, 2.45) is 0 Å². The van der Waals surface area contributed by atoms with Crippen LogP contribution in [0.4, 0.5) is 4.39 Å². The first-order chi connectivity index (χ1) is 9.66. The Labute approximate surface area is 111 Å². The van der Waals surface area contributed by atoms with Gasteiger partial charge in [0.25, 0.3) is 5.56 Å². The van der Waals surface area contributed by atoms with Crippen LogP contribution in [0.3, 0.4) is 0 Å². The van der Waals surface area contributed by atoms with Gasteiger partial charge in [-0.1, -0.05) is 18.2 Å². The highest BCUT2D eigenvalue weighted by molar-refractivity contribution is 5.68. The average Bonchev–Trinajstić information content (AvgIpc) is 2.94. The third-order valence-corrected chi connectivity index (χ3v) is 2.68. The van der Waals surface area contributed by atoms with Crippen molar-refractivity contribution in [2.45, 2.75) is 0 Å². The van der Waals surface area contributed by atoms with Crippen LogP contribution in [-0.4, -0.2) is 30.3 Å². The molecule has 0 bridgehead atoms. The number of rotatable bonds is 2. The number of nitrogens with zero attached hydrogens (tertiary/aromatic N) is 3. The van der Waals surface area contributed by atoms with E-state index in [1.807, 2.05) is 0 Å². The first kappa shape index (κ1) is 12.0. The zero-order valence-corrected chi connectivity index (χ0v) is 9.96. The predicted molar refractivity (Wildman–Crippen MR) is 67.3 cm³/mol. The van der Waals surface area contributed by atoms with E-state index in [-0.39, 0.29) is 22.8 Å². The molecule has 0 radical (unpaired) electrons. The molecule has 1 aromatic carbocycles. The number of aromatic amines is 2. The van der Waals surface area contributed by atoms with Gasteiger partial charge in [-0.2, -0.15) is 10.1 Å². The van der Waals surface area contributed by atoms with E-state index in [0.29, 0.717) is 0 Å². The fourth-order valence-corrected chi connectivity index (χ4v) is 1.80. The largest absolute Gasteiger partial charge is 0.493 e. The summed E-state index contributed by atoms with van der Waals surface area (Å²) < 4.78 is 13.7. The van der Waals surface area contributed by atoms with Crippen LogP contribution in [0, 0.1) is 5.82 Å². The molecule has 100 valence electrons. The smallest absolute Gasteiger partial charge is 0.263 e. The lowest BCUT2D eigenvalue weighted by atomic mass is 10.1. The van der Waals surface area contributed by atoms with Gasteiger partial charge in [0.15, 0.2) is 11.6 Å². The molecule has 0 amide bonds. The van der Waals surface area contributed by atoms with Crippen molar-refractivity contribution in [3.63, 3.8) is 0 Å². The van der Waals surface area contributed by atoms with Crippen molar-refractivity contribution in [3.8, 4) is 28.7 Å². The van der Waals surface area contributed by atoms with Crippen LogP contribution in [0.2, 0.25) is 0 Å². The Morgan fingerprint density at radius 2 is 2.00 bits per heavy atom. The Balaban J connectivity index is 2.20. The quantitative estimate of drug-likeness (QED) is 0.647. The second kappa shape index (κ2) is 4.57. The standard InChI is InChI=1S/C12H8FN5O2/c13-7-4-2-1-3-6(7)8-11(19)16-10(17-12(8)20)9-14-5-15-18-9/h1-5H,(H,14,15,18)(H2,16,17,19,20). The van der Waals surface area contributed by atoms with Crippen molar-refractivity contribution in [2.75, 3.05) is 0 Å². The lowest BCUT2D eigenvalue weighted by molar-refractivity contribution is 0.453. The average molecular weight is 273 g/mol. The van der Waals surface area contributed by atoms with Crippen LogP contribution in [0.15, 0.2) is 35.4 Å². The van der Waals surface area contributed by atoms with Crippen molar-refractivity contribution >= 4 is 0 Å². The van der Waals surface area contributed by atoms with Crippen LogP contribution in [0.5, 0.6) is 5.88 Å². The summed E-state index contributed by atoms with van der Waals surface area (Å²) in [6.07, 6.45) is 1.23. The molecule has 0 fully saturated rings. The third kappa shape index (κ3) is 1.92. The van der Waals surface area contributed by atoms with Crippen LogP contribution in [-0.2, 0) is 0 Å². The molecular formula is C12H8FN5O2. The first-order valence-corrected chi connectivity index (χ1v) is 5.60. The van der Waals surface area contributed by atoms with E-state index in [0.717, 1.165) is 0 Å². The van der Waals surface area contributed by atoms with Crippen LogP contribution in [0.25, 0.3) is 22.8 Å². The summed E-state index contributed by atoms with van der Waals surface area (Å²) >= 11 is 0. The molecule has 3 aromatic rings. The van der Waals surface area contributed by atoms with Gasteiger partial charge in [0.1, 0.15) is 17.7 Å². The molecule has 0 aliphatic heterocycles. The zero-order valence-electron chi connectivity index (χ0n) is 9.96. The molecule has 0 spiro atoms. The summed E-state index contributed by atoms with van der Waals surface area (Å²) in [6.45, 7) is 0. The number of hydrogen-bond acceptors (Lipinski definition) is 5. The number of benzene rings is 1. The van der Waals surface area contributed by atoms with Gasteiger partial charge in [0.2, 0.25) is 5.88 Å². The van der Waals surface area contributed by atoms with Gasteiger partial charge in [0.05, 0.1) is 0 Å². The summed E-state index contributed by atoms with van der Waals surface area (Å²) in [5.41, 5.74) is -0.928. The Hall–Kier alpha value is -3.03. The zero-order chi connectivity index (χ0) is 14.1. The minimum absolute atomic E-state index is 0.0186. The van der Waals surface area contributed by atoms with Crippen molar-refractivity contribution in [3.05, 3.63) is 46.8 Å². The van der Waals surface area contributed by atoms with E-state index >= 15 is 0 Å². The van der Waals surface area contributed by atoms with Crippen LogP contribution in [0.1, 0.15) is 0 Å². The molecule has 0 unspecified atom stereocenters. The third-order valence-electron chi connectivity index (χ3n) is 2.68. The number of aromatic nitrogens is 5. The molecule has 8 heteroatoms. The van der Waals surface area contributed by atoms with E-state index in [9.17, 15) is 14.3 Å². The molecular weight excluding hydrogens is 265 g/mol. The van der Waals surface area contributed by atoms with Gasteiger partial charge in [0, 0.05) is 5.56 Å². The Kier molecular flexibility index (Phi) is 2.75. The van der Waals surface area contributed by atoms with Gasteiger partial charge in [-0.15, -0.1) is 0 Å². The van der Waals surface area contributed by atoms with E-state index < -0.39 is 17.3 Å². The molecule has 0 saturated heterocycles. The molecule has 0 aliphatic carbocycles. The summed E-state index contributed by atoms with van der Waals surface area (Å²) in [6, 6.07) is 5.62. The number of nitrogens with one attached hydrogen (secondary N) is 2. The van der Waals surface area contributed by atoms with Crippen molar-refractivity contribution < 1.29 is 9.50 Å². The maximum Gasteiger partial charge on any atom is 0.263 e. The van der Waals surface area contributed by atoms with E-state index in [2.05, 4.69) is 25.1 Å². The van der Waals surface area contributed by atoms with Crippen molar-refractivity contribution in [1.82, 2.24) is 25.1 Å². The number of halogens is 1. The number of H-pyrrole nitrogens is 2.